The van der Waals surface area contributed by atoms with Gasteiger partial charge in [-0.15, -0.1) is 0 Å². The van der Waals surface area contributed by atoms with Crippen LogP contribution in [-0.2, 0) is 52.9 Å². The third-order valence-electron chi connectivity index (χ3n) is 16.1. The molecule has 12 rings (SSSR count). The van der Waals surface area contributed by atoms with Crippen LogP contribution in [0.3, 0.4) is 0 Å². The molecule has 0 bridgehead atoms. The molecule has 6 heterocycles. The first-order chi connectivity index (χ1) is 47.1. The highest BCUT2D eigenvalue weighted by atomic mass is 35.5. The molecule has 4 N–H and O–H groups in total. The Morgan fingerprint density at radius 3 is 1.02 bits per heavy atom. The maximum Gasteiger partial charge on any atom is 0.229 e. The Morgan fingerprint density at radius 1 is 0.381 bits per heavy atom. The van der Waals surface area contributed by atoms with Gasteiger partial charge in [0.05, 0.1) is 40.9 Å². The molecular weight excluding hydrogens is 1280 g/mol. The fourth-order valence-electron chi connectivity index (χ4n) is 11.0. The number of amides is 3. The zero-order chi connectivity index (χ0) is 68.0. The van der Waals surface area contributed by atoms with E-state index in [2.05, 4.69) is 61.0 Å². The number of ketones is 3. The number of benzene rings is 6. The van der Waals surface area contributed by atoms with E-state index in [0.29, 0.717) is 49.2 Å². The summed E-state index contributed by atoms with van der Waals surface area (Å²) in [5.74, 6) is 3.51. The Balaban J connectivity index is 0.000000158. The van der Waals surface area contributed by atoms with E-state index in [-0.39, 0.29) is 73.6 Å². The Morgan fingerprint density at radius 2 is 0.711 bits per heavy atom. The van der Waals surface area contributed by atoms with Gasteiger partial charge in [0.2, 0.25) is 17.7 Å². The molecule has 0 radical (unpaired) electrons. The fourth-order valence-corrected chi connectivity index (χ4v) is 11.3. The molecule has 0 atom stereocenters. The number of nitrogens with one attached hydrogen (secondary N) is 4. The van der Waals surface area contributed by atoms with E-state index in [1.54, 1.807) is 36.4 Å². The van der Waals surface area contributed by atoms with Gasteiger partial charge in [-0.25, -0.2) is 15.0 Å². The van der Waals surface area contributed by atoms with E-state index in [0.717, 1.165) is 120 Å². The van der Waals surface area contributed by atoms with Gasteiger partial charge in [0, 0.05) is 118 Å². The molecule has 3 aliphatic heterocycles. The monoisotopic (exact) mass is 1350 g/mol. The van der Waals surface area contributed by atoms with Crippen LogP contribution in [0.25, 0.3) is 0 Å². The predicted octanol–water partition coefficient (Wildman–Crippen LogP) is 12.5. The molecular formula is C76H71Cl3N12O6. The summed E-state index contributed by atoms with van der Waals surface area (Å²) >= 11 is 17.5. The molecule has 3 aliphatic rings. The van der Waals surface area contributed by atoms with E-state index in [1.807, 2.05) is 160 Å². The Labute approximate surface area is 578 Å². The molecule has 3 amide bonds. The Kier molecular flexibility index (Phi) is 24.5. The zero-order valence-electron chi connectivity index (χ0n) is 53.6. The van der Waals surface area contributed by atoms with Gasteiger partial charge in [-0.2, -0.15) is 0 Å². The molecule has 0 unspecified atom stereocenters. The van der Waals surface area contributed by atoms with Crippen molar-refractivity contribution >= 4 is 105 Å². The predicted molar refractivity (Wildman–Crippen MR) is 384 cm³/mol. The number of aliphatic imine (C=N–C) groups is 3. The molecule has 97 heavy (non-hydrogen) atoms. The molecule has 0 fully saturated rings. The second-order valence-electron chi connectivity index (χ2n) is 23.2. The van der Waals surface area contributed by atoms with Crippen molar-refractivity contribution in [1.82, 2.24) is 30.1 Å². The minimum absolute atomic E-state index is 0.00215. The summed E-state index contributed by atoms with van der Waals surface area (Å²) in [6, 6.07) is 55.1. The summed E-state index contributed by atoms with van der Waals surface area (Å²) in [5, 5.41) is 13.1. The first kappa shape index (κ1) is 69.3. The number of carbonyl (C=O) groups excluding carboxylic acids is 6. The summed E-state index contributed by atoms with van der Waals surface area (Å²) in [6.45, 7) is 5.26. The van der Waals surface area contributed by atoms with Gasteiger partial charge >= 0.3 is 0 Å². The lowest BCUT2D eigenvalue weighted by Gasteiger charge is -2.25. The van der Waals surface area contributed by atoms with Crippen LogP contribution in [-0.4, -0.2) is 131 Å². The number of Topliss-reactive ketones (excluding diaryl/α,β-unsaturated/α-hetero) is 3. The van der Waals surface area contributed by atoms with E-state index in [4.69, 9.17) is 34.8 Å². The maximum absolute atomic E-state index is 13.0. The number of anilines is 3. The highest BCUT2D eigenvalue weighted by Crippen LogP contribution is 2.22. The van der Waals surface area contributed by atoms with Gasteiger partial charge in [-0.1, -0.05) is 180 Å². The summed E-state index contributed by atoms with van der Waals surface area (Å²) in [5.41, 5.74) is 9.85. The van der Waals surface area contributed by atoms with Gasteiger partial charge in [0.15, 0.2) is 17.3 Å². The van der Waals surface area contributed by atoms with E-state index < -0.39 is 0 Å². The molecule has 0 saturated carbocycles. The van der Waals surface area contributed by atoms with Crippen LogP contribution < -0.4 is 21.3 Å². The number of rotatable bonds is 21. The van der Waals surface area contributed by atoms with Crippen molar-refractivity contribution in [2.24, 2.45) is 15.0 Å². The molecule has 18 nitrogen and oxygen atoms in total. The summed E-state index contributed by atoms with van der Waals surface area (Å²) < 4.78 is 0. The van der Waals surface area contributed by atoms with Crippen molar-refractivity contribution in [3.8, 4) is 0 Å². The number of halogens is 3. The van der Waals surface area contributed by atoms with Crippen LogP contribution in [0.2, 0.25) is 15.1 Å². The SMILES string of the molecule is CN1CCCN=C1c1ccc(C(=O)Cc2ccccc2CC(=O)Nc2ccc(Cl)cn2)cc1.CN1CCN=C1c1ccc(C(=O)Cc2ccccc2CC(=O)Nc2ccc(Cl)cn2)cc1.O=C(Cc1ccccc1CC(=O)c1ccc(C2=NCCCN2)cc1)Nc1ccc(Cl)cn1. The van der Waals surface area contributed by atoms with Gasteiger partial charge < -0.3 is 31.1 Å². The number of pyridine rings is 3. The third kappa shape index (κ3) is 20.3. The lowest BCUT2D eigenvalue weighted by molar-refractivity contribution is -0.116. The first-order valence-corrected chi connectivity index (χ1v) is 32.9. The maximum atomic E-state index is 13.0. The third-order valence-corrected chi connectivity index (χ3v) is 16.8. The molecule has 0 spiro atoms. The van der Waals surface area contributed by atoms with Crippen molar-refractivity contribution in [1.29, 1.82) is 0 Å². The number of nitrogens with zero attached hydrogens (tertiary/aromatic N) is 8. The second kappa shape index (κ2) is 34.2. The number of carbonyl (C=O) groups is 6. The van der Waals surface area contributed by atoms with Crippen LogP contribution in [0.4, 0.5) is 17.5 Å². The van der Waals surface area contributed by atoms with E-state index >= 15 is 0 Å². The molecule has 492 valence electrons. The topological polar surface area (TPSA) is 233 Å². The number of likely N-dealkylation sites (N-methyl/N-ethyl adjacent to an activating group) is 1. The lowest BCUT2D eigenvalue weighted by Crippen LogP contribution is -2.32. The fraction of sp³-hybridized carbons (Fsp3) is 0.211. The number of aromatic nitrogens is 3. The van der Waals surface area contributed by atoms with Crippen LogP contribution >= 0.6 is 34.8 Å². The van der Waals surface area contributed by atoms with Crippen LogP contribution in [0.1, 0.15) is 94.0 Å². The van der Waals surface area contributed by atoms with E-state index in [1.165, 1.54) is 18.6 Å². The lowest BCUT2D eigenvalue weighted by atomic mass is 9.96. The molecule has 6 aromatic carbocycles. The van der Waals surface area contributed by atoms with Crippen molar-refractivity contribution in [3.63, 3.8) is 0 Å². The molecule has 3 aromatic heterocycles. The highest BCUT2D eigenvalue weighted by molar-refractivity contribution is 6.31. The van der Waals surface area contributed by atoms with Crippen LogP contribution in [0, 0.1) is 0 Å². The average molecular weight is 1350 g/mol. The zero-order valence-corrected chi connectivity index (χ0v) is 55.9. The van der Waals surface area contributed by atoms with Gasteiger partial charge in [-0.3, -0.25) is 43.7 Å². The van der Waals surface area contributed by atoms with Gasteiger partial charge in [-0.05, 0) is 82.6 Å². The van der Waals surface area contributed by atoms with E-state index in [9.17, 15) is 28.8 Å². The van der Waals surface area contributed by atoms with Crippen molar-refractivity contribution < 1.29 is 28.8 Å². The summed E-state index contributed by atoms with van der Waals surface area (Å²) in [4.78, 5) is 106. The van der Waals surface area contributed by atoms with Crippen molar-refractivity contribution in [3.05, 3.63) is 282 Å². The highest BCUT2D eigenvalue weighted by Gasteiger charge is 2.20. The largest absolute Gasteiger partial charge is 0.370 e. The molecule has 9 aromatic rings. The van der Waals surface area contributed by atoms with Gasteiger partial charge in [0.25, 0.3) is 0 Å². The average Bonchev–Trinajstić information content (AvgIpc) is 1.53. The van der Waals surface area contributed by atoms with Crippen molar-refractivity contribution in [2.45, 2.75) is 51.4 Å². The van der Waals surface area contributed by atoms with Crippen LogP contribution in [0.15, 0.2) is 216 Å². The number of amidine groups is 3. The Hall–Kier alpha value is -10.5. The Bertz CT molecular complexity index is 4360. The summed E-state index contributed by atoms with van der Waals surface area (Å²) in [6.07, 6.45) is 7.66. The minimum atomic E-state index is -0.204. The standard InChI is InChI=1S/C26H25ClN4O2.2C25H23ClN4O2/c1-31-14-4-13-28-26(31)19-9-7-18(8-10-19)23(32)15-20-5-2-3-6-21(20)16-25(33)30-24-12-11-22(27)17-29-24;1-30-13-12-27-25(30)18-8-6-17(7-9-18)22(31)14-19-4-2-3-5-20(19)15-24(32)29-23-11-10-21(26)16-28-23;26-21-10-11-23(29-16-21)30-24(32)15-20-5-2-1-4-19(20)14-22(31)17-6-8-18(9-7-17)25-27-12-3-13-28-25/h2-3,5-12,17H,4,13-16H2,1H3,(H,29,30,33);2-11,16H,12-15H2,1H3,(H,28,29,32);1-2,4-11,16H,3,12-15H2,(H,27,28)(H,29,30,32). The first-order valence-electron chi connectivity index (χ1n) is 31.7. The normalized spacial score (nSPS) is 13.2. The molecule has 21 heteroatoms. The quantitative estimate of drug-likeness (QED) is 0.0492. The number of hydrogen-bond acceptors (Lipinski definition) is 15. The minimum Gasteiger partial charge on any atom is -0.370 e. The smallest absolute Gasteiger partial charge is 0.229 e. The van der Waals surface area contributed by atoms with Crippen LogP contribution in [0.5, 0.6) is 0 Å². The second-order valence-corrected chi connectivity index (χ2v) is 24.5. The number of hydrogen-bond donors (Lipinski definition) is 4. The van der Waals surface area contributed by atoms with Gasteiger partial charge in [0.1, 0.15) is 35.0 Å². The van der Waals surface area contributed by atoms with Crippen molar-refractivity contribution in [2.75, 3.05) is 69.3 Å². The molecule has 0 saturated heterocycles. The molecule has 0 aliphatic carbocycles. The summed E-state index contributed by atoms with van der Waals surface area (Å²) in [7, 11) is 4.05.